The minimum absolute atomic E-state index is 0.0713. The standard InChI is InChI=1S/C42H48N8O9S2/c1-60(54,55)46-36-7-4-6-34-33(36)5-2-3-8-38(34)49-19-17-48(18-20-49)30-9-11-35(40(24-30)59-31-23-29-13-16-43-41(29)45-27-31)42(51)47-61(56,57)32-10-12-37(39(25-32)50(52)53)44-26-28-14-21-58-22-15-28/h4,6-7,9-13,16,23-25,27-28,38,44,46H,2-3,5,8,14-15,17-22,26H2,1H3,(H,43,45)(H,47,51). The number of carbonyl (C=O) groups excluding carboxylic acids is 1. The van der Waals surface area contributed by atoms with E-state index in [0.29, 0.717) is 63.0 Å². The third-order valence-electron chi connectivity index (χ3n) is 11.6. The third kappa shape index (κ3) is 9.75. The fourth-order valence-corrected chi connectivity index (χ4v) is 10.0. The number of H-pyrrole nitrogens is 1. The summed E-state index contributed by atoms with van der Waals surface area (Å²) in [4.78, 5) is 36.9. The molecule has 2 aliphatic heterocycles. The molecule has 2 aromatic heterocycles. The van der Waals surface area contributed by atoms with Gasteiger partial charge in [-0.2, -0.15) is 0 Å². The maximum Gasteiger partial charge on any atom is 0.293 e. The van der Waals surface area contributed by atoms with Gasteiger partial charge in [-0.15, -0.1) is 0 Å². The molecular weight excluding hydrogens is 825 g/mol. The van der Waals surface area contributed by atoms with Crippen molar-refractivity contribution in [3.05, 3.63) is 106 Å². The number of anilines is 3. The Morgan fingerprint density at radius 2 is 1.77 bits per heavy atom. The normalized spacial score (nSPS) is 17.9. The van der Waals surface area contributed by atoms with Crippen LogP contribution in [0.1, 0.15) is 59.6 Å². The summed E-state index contributed by atoms with van der Waals surface area (Å²) in [5.74, 6) is -0.311. The van der Waals surface area contributed by atoms with Crippen LogP contribution in [-0.2, 0) is 31.2 Å². The molecule has 5 aromatic rings. The second-order valence-electron chi connectivity index (χ2n) is 15.7. The molecule has 1 unspecified atom stereocenters. The molecule has 0 radical (unpaired) electrons. The molecular formula is C42H48N8O9S2. The molecule has 0 saturated carbocycles. The first kappa shape index (κ1) is 42.0. The first-order chi connectivity index (χ1) is 29.3. The Hall–Kier alpha value is -5.76. The van der Waals surface area contributed by atoms with Gasteiger partial charge in [0.05, 0.1) is 33.5 Å². The highest BCUT2D eigenvalue weighted by Crippen LogP contribution is 2.39. The van der Waals surface area contributed by atoms with Crippen LogP contribution in [0.2, 0.25) is 0 Å². The average Bonchev–Trinajstić information content (AvgIpc) is 3.60. The van der Waals surface area contributed by atoms with Gasteiger partial charge in [-0.25, -0.2) is 26.5 Å². The summed E-state index contributed by atoms with van der Waals surface area (Å²) in [6.45, 7) is 4.42. The number of aromatic nitrogens is 2. The second kappa shape index (κ2) is 17.7. The largest absolute Gasteiger partial charge is 0.455 e. The number of ether oxygens (including phenoxy) is 2. The van der Waals surface area contributed by atoms with Crippen LogP contribution >= 0.6 is 0 Å². The smallest absolute Gasteiger partial charge is 0.293 e. The van der Waals surface area contributed by atoms with Crippen LogP contribution in [0.15, 0.2) is 84.0 Å². The lowest BCUT2D eigenvalue weighted by atomic mass is 9.96. The van der Waals surface area contributed by atoms with Crippen LogP contribution in [0.3, 0.4) is 0 Å². The van der Waals surface area contributed by atoms with Gasteiger partial charge in [0.15, 0.2) is 0 Å². The van der Waals surface area contributed by atoms with E-state index in [0.717, 1.165) is 73.0 Å². The summed E-state index contributed by atoms with van der Waals surface area (Å²) < 4.78 is 68.1. The van der Waals surface area contributed by atoms with E-state index >= 15 is 0 Å². The van der Waals surface area contributed by atoms with Crippen LogP contribution in [0.25, 0.3) is 11.0 Å². The summed E-state index contributed by atoms with van der Waals surface area (Å²) >= 11 is 0. The monoisotopic (exact) mass is 872 g/mol. The van der Waals surface area contributed by atoms with Crippen molar-refractivity contribution >= 4 is 59.7 Å². The number of sulfonamides is 2. The molecule has 4 heterocycles. The van der Waals surface area contributed by atoms with Gasteiger partial charge in [0.2, 0.25) is 10.0 Å². The number of carbonyl (C=O) groups is 1. The molecule has 3 aromatic carbocycles. The molecule has 3 aliphatic rings. The average molecular weight is 873 g/mol. The quantitative estimate of drug-likeness (QED) is 0.0591. The summed E-state index contributed by atoms with van der Waals surface area (Å²) in [5, 5.41) is 15.9. The number of benzene rings is 3. The molecule has 4 N–H and O–H groups in total. The van der Waals surface area contributed by atoms with Gasteiger partial charge in [0.25, 0.3) is 21.6 Å². The van der Waals surface area contributed by atoms with Crippen molar-refractivity contribution in [2.45, 2.75) is 49.5 Å². The number of fused-ring (bicyclic) bond motifs is 2. The lowest BCUT2D eigenvalue weighted by Crippen LogP contribution is -2.47. The van der Waals surface area contributed by atoms with Gasteiger partial charge in [0, 0.05) is 81.4 Å². The first-order valence-corrected chi connectivity index (χ1v) is 23.7. The van der Waals surface area contributed by atoms with E-state index in [9.17, 15) is 31.7 Å². The van der Waals surface area contributed by atoms with E-state index < -0.39 is 41.5 Å². The molecule has 8 rings (SSSR count). The predicted octanol–water partition coefficient (Wildman–Crippen LogP) is 6.18. The summed E-state index contributed by atoms with van der Waals surface area (Å²) in [7, 11) is -8.02. The van der Waals surface area contributed by atoms with E-state index in [1.165, 1.54) is 24.4 Å². The number of nitrogens with zero attached hydrogens (tertiary/aromatic N) is 4. The Morgan fingerprint density at radius 1 is 0.967 bits per heavy atom. The van der Waals surface area contributed by atoms with Crippen molar-refractivity contribution in [3.63, 3.8) is 0 Å². The maximum absolute atomic E-state index is 13.9. The molecule has 1 amide bonds. The van der Waals surface area contributed by atoms with Crippen molar-refractivity contribution in [1.82, 2.24) is 19.6 Å². The fraction of sp³-hybridized carbons (Fsp3) is 0.381. The Kier molecular flexibility index (Phi) is 12.2. The zero-order valence-electron chi connectivity index (χ0n) is 33.6. The van der Waals surface area contributed by atoms with E-state index in [4.69, 9.17) is 9.47 Å². The lowest BCUT2D eigenvalue weighted by Gasteiger charge is -2.41. The van der Waals surface area contributed by atoms with Crippen molar-refractivity contribution in [2.24, 2.45) is 5.92 Å². The van der Waals surface area contributed by atoms with Crippen LogP contribution in [0.4, 0.5) is 22.7 Å². The second-order valence-corrected chi connectivity index (χ2v) is 19.1. The van der Waals surface area contributed by atoms with Gasteiger partial charge < -0.3 is 24.7 Å². The number of piperazine rings is 1. The summed E-state index contributed by atoms with van der Waals surface area (Å²) in [6, 6.07) is 18.0. The van der Waals surface area contributed by atoms with Gasteiger partial charge >= 0.3 is 0 Å². The topological polar surface area (TPSA) is 218 Å². The van der Waals surface area contributed by atoms with E-state index in [1.807, 2.05) is 18.2 Å². The molecule has 19 heteroatoms. The molecule has 1 aliphatic carbocycles. The number of aromatic amines is 1. The Labute approximate surface area is 354 Å². The fourth-order valence-electron chi connectivity index (χ4n) is 8.46. The van der Waals surface area contributed by atoms with Crippen molar-refractivity contribution < 1.29 is 36.0 Å². The number of pyridine rings is 1. The van der Waals surface area contributed by atoms with Gasteiger partial charge in [-0.05, 0) is 91.6 Å². The number of nitro groups is 1. The van der Waals surface area contributed by atoms with Crippen molar-refractivity contribution in [1.29, 1.82) is 0 Å². The predicted molar refractivity (Wildman–Crippen MR) is 231 cm³/mol. The Balaban J connectivity index is 1.02. The minimum atomic E-state index is -4.58. The molecule has 2 fully saturated rings. The molecule has 2 saturated heterocycles. The molecule has 17 nitrogen and oxygen atoms in total. The van der Waals surface area contributed by atoms with E-state index in [-0.39, 0.29) is 29.0 Å². The molecule has 61 heavy (non-hydrogen) atoms. The maximum atomic E-state index is 13.9. The first-order valence-electron chi connectivity index (χ1n) is 20.3. The minimum Gasteiger partial charge on any atom is -0.455 e. The Morgan fingerprint density at radius 3 is 2.54 bits per heavy atom. The van der Waals surface area contributed by atoms with Crippen molar-refractivity contribution in [3.8, 4) is 11.5 Å². The Bertz CT molecular complexity index is 2660. The van der Waals surface area contributed by atoms with E-state index in [2.05, 4.69) is 40.6 Å². The molecule has 0 bridgehead atoms. The van der Waals surface area contributed by atoms with Gasteiger partial charge in [0.1, 0.15) is 22.8 Å². The zero-order chi connectivity index (χ0) is 42.7. The van der Waals surface area contributed by atoms with E-state index in [1.54, 1.807) is 24.4 Å². The zero-order valence-corrected chi connectivity index (χ0v) is 35.3. The highest BCUT2D eigenvalue weighted by Gasteiger charge is 2.31. The van der Waals surface area contributed by atoms with Crippen molar-refractivity contribution in [2.75, 3.05) is 67.1 Å². The molecule has 0 spiro atoms. The number of rotatable bonds is 13. The van der Waals surface area contributed by atoms with Gasteiger partial charge in [-0.1, -0.05) is 18.6 Å². The van der Waals surface area contributed by atoms with Crippen LogP contribution in [0, 0.1) is 16.0 Å². The number of nitrogens with one attached hydrogen (secondary N) is 4. The number of hydrogen-bond acceptors (Lipinski definition) is 13. The molecule has 1 atom stereocenters. The highest BCUT2D eigenvalue weighted by molar-refractivity contribution is 7.92. The third-order valence-corrected chi connectivity index (χ3v) is 13.5. The molecule has 322 valence electrons. The van der Waals surface area contributed by atoms with Gasteiger partial charge in [-0.3, -0.25) is 24.5 Å². The highest BCUT2D eigenvalue weighted by atomic mass is 32.2. The summed E-state index contributed by atoms with van der Waals surface area (Å²) in [6.07, 6.45) is 9.74. The number of amides is 1. The van der Waals surface area contributed by atoms with Crippen LogP contribution in [-0.4, -0.2) is 94.7 Å². The van der Waals surface area contributed by atoms with Crippen LogP contribution in [0.5, 0.6) is 11.5 Å². The number of nitro benzene ring substituents is 1. The SMILES string of the molecule is CS(=O)(=O)Nc1cccc2c1CCCCC2N1CCN(c2ccc(C(=O)NS(=O)(=O)c3ccc(NCC4CCOCC4)c([N+](=O)[O-])c3)c(Oc3cnc4[nH]ccc4c3)c2)CC1. The lowest BCUT2D eigenvalue weighted by molar-refractivity contribution is -0.384. The number of hydrogen-bond donors (Lipinski definition) is 4. The van der Waals surface area contributed by atoms with Crippen LogP contribution < -0.4 is 24.4 Å². The summed E-state index contributed by atoms with van der Waals surface area (Å²) in [5.41, 5.74) is 3.88.